The van der Waals surface area contributed by atoms with Crippen LogP contribution in [0, 0.1) is 0 Å². The molecule has 2 N–H and O–H groups in total. The molecule has 1 aromatic rings. The molecule has 7 nitrogen and oxygen atoms in total. The van der Waals surface area contributed by atoms with Crippen molar-refractivity contribution in [3.63, 3.8) is 0 Å². The summed E-state index contributed by atoms with van der Waals surface area (Å²) in [6, 6.07) is 5.92. The van der Waals surface area contributed by atoms with Crippen LogP contribution >= 0.6 is 0 Å². The highest BCUT2D eigenvalue weighted by atomic mass is 16.6. The van der Waals surface area contributed by atoms with Crippen LogP contribution in [0.5, 0.6) is 5.75 Å². The summed E-state index contributed by atoms with van der Waals surface area (Å²) in [6.07, 6.45) is 4.13. The van der Waals surface area contributed by atoms with Crippen molar-refractivity contribution >= 4 is 11.6 Å². The molecule has 1 saturated heterocycles. The molecule has 3 rings (SSSR count). The van der Waals surface area contributed by atoms with Crippen LogP contribution in [0.1, 0.15) is 11.1 Å². The number of hydrogen-bond donors (Lipinski definition) is 2. The second-order valence-electron chi connectivity index (χ2n) is 5.97. The molecule has 2 heterocycles. The van der Waals surface area contributed by atoms with Gasteiger partial charge in [0.1, 0.15) is 25.1 Å². The van der Waals surface area contributed by atoms with Crippen LogP contribution < -0.4 is 10.1 Å². The fourth-order valence-corrected chi connectivity index (χ4v) is 2.87. The van der Waals surface area contributed by atoms with E-state index in [2.05, 4.69) is 17.1 Å². The molecule has 0 spiro atoms. The van der Waals surface area contributed by atoms with E-state index in [4.69, 9.17) is 18.9 Å². The van der Waals surface area contributed by atoms with Gasteiger partial charge in [-0.15, -0.1) is 0 Å². The number of oxime groups is 1. The minimum absolute atomic E-state index is 0.126. The van der Waals surface area contributed by atoms with Crippen molar-refractivity contribution in [3.8, 4) is 5.75 Å². The van der Waals surface area contributed by atoms with Gasteiger partial charge in [0.2, 0.25) is 0 Å². The fraction of sp³-hybridized carbons (Fsp3) is 0.421. The molecular weight excluding hydrogens is 336 g/mol. The molecule has 2 aliphatic rings. The third kappa shape index (κ3) is 4.77. The van der Waals surface area contributed by atoms with Crippen LogP contribution in [0.2, 0.25) is 0 Å². The van der Waals surface area contributed by atoms with E-state index in [9.17, 15) is 5.21 Å². The zero-order valence-corrected chi connectivity index (χ0v) is 14.6. The molecule has 1 fully saturated rings. The van der Waals surface area contributed by atoms with Crippen LogP contribution in [0.3, 0.4) is 0 Å². The molecule has 0 aromatic heterocycles. The van der Waals surface area contributed by atoms with Gasteiger partial charge in [-0.05, 0) is 35.3 Å². The summed E-state index contributed by atoms with van der Waals surface area (Å²) in [6.45, 7) is 6.80. The normalized spacial score (nSPS) is 21.6. The Morgan fingerprint density at radius 1 is 1.42 bits per heavy atom. The second kappa shape index (κ2) is 9.26. The average molecular weight is 360 g/mol. The van der Waals surface area contributed by atoms with Gasteiger partial charge in [-0.2, -0.15) is 0 Å². The van der Waals surface area contributed by atoms with E-state index in [-0.39, 0.29) is 18.6 Å². The van der Waals surface area contributed by atoms with E-state index in [1.807, 2.05) is 18.2 Å². The predicted molar refractivity (Wildman–Crippen MR) is 97.6 cm³/mol. The topological polar surface area (TPSA) is 81.5 Å². The molecule has 0 bridgehead atoms. The van der Waals surface area contributed by atoms with Crippen molar-refractivity contribution < 1.29 is 24.2 Å². The van der Waals surface area contributed by atoms with Gasteiger partial charge in [-0.3, -0.25) is 0 Å². The maximum Gasteiger partial charge on any atom is 0.252 e. The maximum absolute atomic E-state index is 9.26. The highest BCUT2D eigenvalue weighted by Crippen LogP contribution is 2.26. The molecule has 140 valence electrons. The van der Waals surface area contributed by atoms with Crippen molar-refractivity contribution in [1.29, 1.82) is 0 Å². The summed E-state index contributed by atoms with van der Waals surface area (Å²) in [4.78, 5) is 0. The third-order valence-electron chi connectivity index (χ3n) is 4.11. The Kier molecular flexibility index (Phi) is 6.51. The first-order valence-electron chi connectivity index (χ1n) is 8.67. The third-order valence-corrected chi connectivity index (χ3v) is 4.11. The number of hydrogen-bond acceptors (Lipinski definition) is 7. The van der Waals surface area contributed by atoms with Crippen molar-refractivity contribution in [2.75, 3.05) is 39.6 Å². The molecule has 0 radical (unpaired) electrons. The zero-order chi connectivity index (χ0) is 18.2. The Labute approximate surface area is 152 Å². The van der Waals surface area contributed by atoms with E-state index in [0.717, 1.165) is 35.5 Å². The zero-order valence-electron chi connectivity index (χ0n) is 14.6. The lowest BCUT2D eigenvalue weighted by Crippen LogP contribution is -2.33. The summed E-state index contributed by atoms with van der Waals surface area (Å²) in [5.41, 5.74) is 3.04. The van der Waals surface area contributed by atoms with Crippen LogP contribution in [-0.2, 0) is 20.6 Å². The Hall–Kier alpha value is -2.51. The average Bonchev–Trinajstić information content (AvgIpc) is 2.70. The van der Waals surface area contributed by atoms with Crippen molar-refractivity contribution in [3.05, 3.63) is 48.1 Å². The van der Waals surface area contributed by atoms with Gasteiger partial charge >= 0.3 is 0 Å². The molecule has 26 heavy (non-hydrogen) atoms. The minimum atomic E-state index is -0.157. The van der Waals surface area contributed by atoms with Crippen LogP contribution in [-0.4, -0.2) is 56.8 Å². The first-order chi connectivity index (χ1) is 12.8. The highest BCUT2D eigenvalue weighted by molar-refractivity contribution is 5.95. The van der Waals surface area contributed by atoms with Crippen LogP contribution in [0.4, 0.5) is 0 Å². The van der Waals surface area contributed by atoms with Gasteiger partial charge in [-0.1, -0.05) is 12.7 Å². The van der Waals surface area contributed by atoms with Gasteiger partial charge in [0.25, 0.3) is 5.90 Å². The summed E-state index contributed by atoms with van der Waals surface area (Å²) in [7, 11) is 0. The minimum Gasteiger partial charge on any atom is -0.490 e. The lowest BCUT2D eigenvalue weighted by molar-refractivity contribution is -0.103. The fourth-order valence-electron chi connectivity index (χ4n) is 2.87. The Bertz CT molecular complexity index is 681. The monoisotopic (exact) mass is 360 g/mol. The van der Waals surface area contributed by atoms with E-state index >= 15 is 0 Å². The van der Waals surface area contributed by atoms with E-state index in [1.165, 1.54) is 0 Å². The van der Waals surface area contributed by atoms with Crippen LogP contribution in [0.25, 0.3) is 5.70 Å². The number of fused-ring (bicyclic) bond motifs is 1. The molecule has 0 aliphatic carbocycles. The lowest BCUT2D eigenvalue weighted by Gasteiger charge is -2.24. The van der Waals surface area contributed by atoms with Gasteiger partial charge in [0.05, 0.1) is 19.8 Å². The van der Waals surface area contributed by atoms with E-state index < -0.39 is 0 Å². The van der Waals surface area contributed by atoms with Crippen molar-refractivity contribution in [1.82, 2.24) is 5.32 Å². The second-order valence-corrected chi connectivity index (χ2v) is 5.97. The number of ether oxygens (including phenoxy) is 4. The van der Waals surface area contributed by atoms with Crippen LogP contribution in [0.15, 0.2) is 42.1 Å². The number of benzene rings is 1. The molecular formula is C19H24N2O5. The summed E-state index contributed by atoms with van der Waals surface area (Å²) < 4.78 is 22.0. The van der Waals surface area contributed by atoms with Gasteiger partial charge < -0.3 is 29.5 Å². The molecule has 1 unspecified atom stereocenters. The highest BCUT2D eigenvalue weighted by Gasteiger charge is 2.18. The smallest absolute Gasteiger partial charge is 0.252 e. The predicted octanol–water partition coefficient (Wildman–Crippen LogP) is 1.96. The first kappa shape index (κ1) is 18.3. The van der Waals surface area contributed by atoms with Crippen molar-refractivity contribution in [2.24, 2.45) is 5.16 Å². The SMILES string of the molecule is C=CCOc1ccc2c(c1)CCN/C2=C\C(=N/O)OCC1COCCO1. The molecule has 7 heteroatoms. The first-order valence-corrected chi connectivity index (χ1v) is 8.67. The largest absolute Gasteiger partial charge is 0.490 e. The van der Waals surface area contributed by atoms with Crippen molar-refractivity contribution in [2.45, 2.75) is 12.5 Å². The van der Waals surface area contributed by atoms with E-state index in [1.54, 1.807) is 12.2 Å². The number of nitrogens with one attached hydrogen (secondary N) is 1. The number of rotatable bonds is 6. The van der Waals surface area contributed by atoms with Gasteiger partial charge in [0, 0.05) is 23.9 Å². The molecule has 0 amide bonds. The summed E-state index contributed by atoms with van der Waals surface area (Å²) >= 11 is 0. The summed E-state index contributed by atoms with van der Waals surface area (Å²) in [5.74, 6) is 0.938. The molecule has 0 saturated carbocycles. The molecule has 1 aromatic carbocycles. The molecule has 2 aliphatic heterocycles. The Balaban J connectivity index is 1.68. The Morgan fingerprint density at radius 2 is 2.35 bits per heavy atom. The van der Waals surface area contributed by atoms with Gasteiger partial charge in [-0.25, -0.2) is 0 Å². The number of nitrogens with zero attached hydrogens (tertiary/aromatic N) is 1. The van der Waals surface area contributed by atoms with E-state index in [0.29, 0.717) is 26.4 Å². The molecule has 1 atom stereocenters. The Morgan fingerprint density at radius 3 is 3.12 bits per heavy atom. The van der Waals surface area contributed by atoms with Gasteiger partial charge in [0.15, 0.2) is 0 Å². The summed E-state index contributed by atoms with van der Waals surface area (Å²) in [5, 5.41) is 15.8. The quantitative estimate of drug-likeness (QED) is 0.265. The standard InChI is InChI=1S/C19H24N2O5/c1-2-7-24-15-3-4-17-14(10-15)5-6-20-18(17)11-19(21-22)26-13-16-12-23-8-9-25-16/h2-4,10-11,16,20,22H,1,5-9,12-13H2/b18-11-,21-19+. The lowest BCUT2D eigenvalue weighted by atomic mass is 9.97. The maximum atomic E-state index is 9.26.